The molecule has 0 unspecified atom stereocenters. The highest BCUT2D eigenvalue weighted by Crippen LogP contribution is 2.49. The molecule has 1 heterocycles. The summed E-state index contributed by atoms with van der Waals surface area (Å²) in [5, 5.41) is 22.0. The maximum Gasteiger partial charge on any atom is 0.159 e. The first-order valence-corrected chi connectivity index (χ1v) is 26.9. The molecule has 1 N–H and O–H groups in total. The van der Waals surface area contributed by atoms with Gasteiger partial charge in [0.2, 0.25) is 0 Å². The van der Waals surface area contributed by atoms with Crippen LogP contribution in [0.25, 0.3) is 87.6 Å². The molecule has 4 nitrogen and oxygen atoms in total. The van der Waals surface area contributed by atoms with E-state index in [-0.39, 0.29) is 5.75 Å². The number of anilines is 4. The van der Waals surface area contributed by atoms with Crippen LogP contribution < -0.4 is 9.80 Å². The van der Waals surface area contributed by atoms with Crippen LogP contribution >= 0.6 is 0 Å². The Morgan fingerprint density at radius 2 is 0.844 bits per heavy atom. The number of phenolic OH excluding ortho intramolecular Hbond substituents is 1. The highest BCUT2D eigenvalue weighted by atomic mass is 16.3. The molecule has 0 fully saturated rings. The van der Waals surface area contributed by atoms with Crippen molar-refractivity contribution in [3.05, 3.63) is 256 Å². The van der Waals surface area contributed by atoms with Crippen molar-refractivity contribution < 1.29 is 9.52 Å². The minimum atomic E-state index is 0.247. The van der Waals surface area contributed by atoms with E-state index in [2.05, 4.69) is 258 Å². The van der Waals surface area contributed by atoms with E-state index < -0.39 is 0 Å². The van der Waals surface area contributed by atoms with Crippen molar-refractivity contribution in [2.75, 3.05) is 9.80 Å². The SMILES string of the molecule is Cc1ccc(CN(c2cccc(-c3cccc(-c4c(C)cccc4C)c3)c2O)c2ccc3ccc4c(N(Cc5ccc(C)cc5C)c5cccc6c5oc5c(-c7ccccc7C)cccc56)ccc5ccc2c3c54)c(C)c1. The molecule has 0 spiro atoms. The fourth-order valence-electron chi connectivity index (χ4n) is 12.4. The molecule has 0 radical (unpaired) electrons. The molecule has 0 saturated heterocycles. The lowest BCUT2D eigenvalue weighted by Crippen LogP contribution is -2.18. The number of phenols is 1. The van der Waals surface area contributed by atoms with Gasteiger partial charge in [0, 0.05) is 57.1 Å². The Labute approximate surface area is 451 Å². The summed E-state index contributed by atoms with van der Waals surface area (Å²) >= 11 is 0. The second-order valence-electron chi connectivity index (χ2n) is 21.4. The molecular formula is C73H60N2O2. The molecular weight excluding hydrogens is 937 g/mol. The van der Waals surface area contributed by atoms with Gasteiger partial charge in [0.1, 0.15) is 11.3 Å². The summed E-state index contributed by atoms with van der Waals surface area (Å²) in [4.78, 5) is 4.81. The molecule has 4 heteroatoms. The van der Waals surface area contributed by atoms with E-state index >= 15 is 0 Å². The Hall–Kier alpha value is -9.12. The molecule has 13 aromatic rings. The molecule has 12 aromatic carbocycles. The Kier molecular flexibility index (Phi) is 11.7. The molecule has 13 rings (SSSR count). The van der Waals surface area contributed by atoms with Gasteiger partial charge in [-0.3, -0.25) is 0 Å². The van der Waals surface area contributed by atoms with E-state index in [4.69, 9.17) is 4.42 Å². The third-order valence-corrected chi connectivity index (χ3v) is 16.3. The summed E-state index contributed by atoms with van der Waals surface area (Å²) in [5.74, 6) is 0.247. The second kappa shape index (κ2) is 18.9. The first-order chi connectivity index (χ1) is 37.5. The number of nitrogens with zero attached hydrogens (tertiary/aromatic N) is 2. The standard InChI is InChI=1S/C73H60N2O2/c1-44-27-29-55(49(6)39-44)42-74(66-25-13-21-58(71(66)76)53-18-11-19-54(41-53)68-47(4)16-10-17-48(68)5)64-37-33-51-32-36-63-65(38-34-52-31-35-62(64)69(51)70(52)63)75(43-56-30-28-45(2)40-50(56)7)67-26-14-24-61-60-23-12-22-59(72(60)77-73(61)67)57-20-9-8-15-46(57)3/h8-41,76H,42-43H2,1-7H3. The zero-order valence-corrected chi connectivity index (χ0v) is 44.8. The normalized spacial score (nSPS) is 11.7. The number of hydrogen-bond donors (Lipinski definition) is 1. The number of furan rings is 1. The third kappa shape index (κ3) is 8.15. The summed E-state index contributed by atoms with van der Waals surface area (Å²) in [7, 11) is 0. The van der Waals surface area contributed by atoms with Gasteiger partial charge in [0.25, 0.3) is 0 Å². The quantitative estimate of drug-likeness (QED) is 0.131. The third-order valence-electron chi connectivity index (χ3n) is 16.3. The monoisotopic (exact) mass is 996 g/mol. The van der Waals surface area contributed by atoms with Crippen molar-refractivity contribution in [2.24, 2.45) is 0 Å². The van der Waals surface area contributed by atoms with E-state index in [1.165, 1.54) is 77.4 Å². The molecule has 0 bridgehead atoms. The first kappa shape index (κ1) is 47.6. The van der Waals surface area contributed by atoms with Crippen LogP contribution in [0.5, 0.6) is 5.75 Å². The Balaban J connectivity index is 1.01. The average molecular weight is 997 g/mol. The van der Waals surface area contributed by atoms with Crippen LogP contribution in [-0.2, 0) is 13.1 Å². The number of hydrogen-bond acceptors (Lipinski definition) is 4. The predicted molar refractivity (Wildman–Crippen MR) is 326 cm³/mol. The summed E-state index contributed by atoms with van der Waals surface area (Å²) in [6.45, 7) is 16.4. The van der Waals surface area contributed by atoms with Crippen LogP contribution in [0, 0.1) is 48.5 Å². The smallest absolute Gasteiger partial charge is 0.159 e. The predicted octanol–water partition coefficient (Wildman–Crippen LogP) is 20.0. The minimum Gasteiger partial charge on any atom is -0.505 e. The Morgan fingerprint density at radius 1 is 0.351 bits per heavy atom. The lowest BCUT2D eigenvalue weighted by Gasteiger charge is -2.30. The van der Waals surface area contributed by atoms with Crippen LogP contribution in [0.3, 0.4) is 0 Å². The van der Waals surface area contributed by atoms with E-state index in [1.807, 2.05) is 6.07 Å². The van der Waals surface area contributed by atoms with Crippen molar-refractivity contribution >= 4 is 77.0 Å². The maximum absolute atomic E-state index is 12.8. The lowest BCUT2D eigenvalue weighted by atomic mass is 9.91. The molecule has 1 aromatic heterocycles. The Bertz CT molecular complexity index is 4440. The lowest BCUT2D eigenvalue weighted by molar-refractivity contribution is 0.477. The molecule has 0 atom stereocenters. The maximum atomic E-state index is 12.8. The van der Waals surface area contributed by atoms with Crippen LogP contribution in [-0.4, -0.2) is 5.11 Å². The van der Waals surface area contributed by atoms with Crippen molar-refractivity contribution in [1.29, 1.82) is 0 Å². The van der Waals surface area contributed by atoms with Crippen molar-refractivity contribution in [3.63, 3.8) is 0 Å². The summed E-state index contributed by atoms with van der Waals surface area (Å²) in [6.07, 6.45) is 0. The van der Waals surface area contributed by atoms with Crippen LogP contribution in [0.4, 0.5) is 22.7 Å². The van der Waals surface area contributed by atoms with Crippen molar-refractivity contribution in [1.82, 2.24) is 0 Å². The van der Waals surface area contributed by atoms with Crippen molar-refractivity contribution in [2.45, 2.75) is 61.6 Å². The minimum absolute atomic E-state index is 0.247. The van der Waals surface area contributed by atoms with Gasteiger partial charge in [0.15, 0.2) is 5.58 Å². The van der Waals surface area contributed by atoms with Gasteiger partial charge in [0.05, 0.1) is 11.4 Å². The van der Waals surface area contributed by atoms with Gasteiger partial charge in [-0.05, 0) is 162 Å². The number of rotatable bonds is 11. The highest BCUT2D eigenvalue weighted by molar-refractivity contribution is 6.28. The fourth-order valence-corrected chi connectivity index (χ4v) is 12.4. The number of aromatic hydroxyl groups is 1. The van der Waals surface area contributed by atoms with Crippen LogP contribution in [0.2, 0.25) is 0 Å². The zero-order chi connectivity index (χ0) is 52.6. The molecule has 0 aliphatic heterocycles. The highest BCUT2D eigenvalue weighted by Gasteiger charge is 2.26. The van der Waals surface area contributed by atoms with Crippen molar-refractivity contribution in [3.8, 4) is 39.1 Å². The molecule has 0 aliphatic carbocycles. The average Bonchev–Trinajstić information content (AvgIpc) is 3.98. The first-order valence-electron chi connectivity index (χ1n) is 26.9. The molecule has 374 valence electrons. The van der Waals surface area contributed by atoms with Gasteiger partial charge in [-0.2, -0.15) is 0 Å². The summed E-state index contributed by atoms with van der Waals surface area (Å²) in [5.41, 5.74) is 23.1. The van der Waals surface area contributed by atoms with Crippen LogP contribution in [0.15, 0.2) is 211 Å². The Morgan fingerprint density at radius 3 is 1.48 bits per heavy atom. The topological polar surface area (TPSA) is 39.9 Å². The zero-order valence-electron chi connectivity index (χ0n) is 44.8. The number of aryl methyl sites for hydroxylation is 7. The molecule has 77 heavy (non-hydrogen) atoms. The van der Waals surface area contributed by atoms with E-state index in [0.717, 1.165) is 83.1 Å². The van der Waals surface area contributed by atoms with Gasteiger partial charge in [-0.1, -0.05) is 187 Å². The largest absolute Gasteiger partial charge is 0.505 e. The fraction of sp³-hybridized carbons (Fsp3) is 0.123. The summed E-state index contributed by atoms with van der Waals surface area (Å²) in [6, 6.07) is 74.7. The van der Waals surface area contributed by atoms with Gasteiger partial charge in [-0.25, -0.2) is 0 Å². The second-order valence-corrected chi connectivity index (χ2v) is 21.4. The van der Waals surface area contributed by atoms with E-state index in [1.54, 1.807) is 0 Å². The number of para-hydroxylation sites is 3. The summed E-state index contributed by atoms with van der Waals surface area (Å²) < 4.78 is 7.20. The van der Waals surface area contributed by atoms with Gasteiger partial charge >= 0.3 is 0 Å². The van der Waals surface area contributed by atoms with Gasteiger partial charge < -0.3 is 19.3 Å². The number of fused-ring (bicyclic) bond motifs is 3. The van der Waals surface area contributed by atoms with E-state index in [0.29, 0.717) is 13.1 Å². The molecule has 0 amide bonds. The van der Waals surface area contributed by atoms with Gasteiger partial charge in [-0.15, -0.1) is 0 Å². The van der Waals surface area contributed by atoms with E-state index in [9.17, 15) is 5.11 Å². The molecule has 0 saturated carbocycles. The van der Waals surface area contributed by atoms with Crippen LogP contribution in [0.1, 0.15) is 50.1 Å². The number of benzene rings is 12. The molecule has 0 aliphatic rings.